The number of carbonyl (C=O) groups excluding carboxylic acids is 2. The molecule has 0 spiro atoms. The molecule has 1 aliphatic heterocycles. The van der Waals surface area contributed by atoms with Crippen LogP contribution in [0.5, 0.6) is 11.5 Å². The van der Waals surface area contributed by atoms with Crippen LogP contribution in [0.3, 0.4) is 0 Å². The minimum absolute atomic E-state index is 0.229. The molecule has 4 aromatic rings. The smallest absolute Gasteiger partial charge is 0.338 e. The van der Waals surface area contributed by atoms with E-state index in [0.29, 0.717) is 47.1 Å². The number of aryl methyl sites for hydroxylation is 1. The average molecular weight is 602 g/mol. The molecule has 224 valence electrons. The van der Waals surface area contributed by atoms with E-state index >= 15 is 0 Å². The number of hydrogen-bond donors (Lipinski definition) is 0. The molecule has 0 saturated carbocycles. The topological polar surface area (TPSA) is 110 Å². The van der Waals surface area contributed by atoms with Crippen molar-refractivity contribution in [2.45, 2.75) is 52.9 Å². The highest BCUT2D eigenvalue weighted by Gasteiger charge is 2.25. The Labute approximate surface area is 255 Å². The fraction of sp³-hybridized carbons (Fsp3) is 0.364. The molecule has 0 amide bonds. The molecule has 0 bridgehead atoms. The number of thiophene rings is 1. The zero-order valence-electron chi connectivity index (χ0n) is 24.7. The highest BCUT2D eigenvalue weighted by Crippen LogP contribution is 2.49. The lowest BCUT2D eigenvalue weighted by Crippen LogP contribution is -2.15. The molecule has 0 fully saturated rings. The summed E-state index contributed by atoms with van der Waals surface area (Å²) in [6, 6.07) is 10.3. The third-order valence-electron chi connectivity index (χ3n) is 6.88. The second-order valence-electron chi connectivity index (χ2n) is 9.95. The van der Waals surface area contributed by atoms with Gasteiger partial charge < -0.3 is 18.9 Å². The summed E-state index contributed by atoms with van der Waals surface area (Å²) in [5.74, 6) is 0.699. The first-order valence-electron chi connectivity index (χ1n) is 14.7. The standard InChI is InChI=1S/C33H35N3O6S/c1-4-7-8-9-10-28-29-30(42-16-15-41-29)31(43-28)22-11-12-24(35-20-22)26-18-23(33(38)40-6-3)19-27(36-26)25-17-21(13-14-34-25)32(37)39-5-2/h11-14,17-20H,4-10,15-16H2,1-3H3. The Morgan fingerprint density at radius 3 is 2.19 bits per heavy atom. The van der Waals surface area contributed by atoms with E-state index in [1.54, 1.807) is 55.6 Å². The van der Waals surface area contributed by atoms with Crippen molar-refractivity contribution >= 4 is 23.3 Å². The molecule has 0 aliphatic carbocycles. The van der Waals surface area contributed by atoms with Crippen molar-refractivity contribution in [3.8, 4) is 44.7 Å². The van der Waals surface area contributed by atoms with Crippen molar-refractivity contribution in [3.63, 3.8) is 0 Å². The number of fused-ring (bicyclic) bond motifs is 1. The molecule has 4 aromatic heterocycles. The van der Waals surface area contributed by atoms with Crippen LogP contribution < -0.4 is 9.47 Å². The monoisotopic (exact) mass is 601 g/mol. The number of ether oxygens (including phenoxy) is 4. The van der Waals surface area contributed by atoms with Crippen molar-refractivity contribution in [3.05, 3.63) is 64.8 Å². The number of pyridine rings is 3. The van der Waals surface area contributed by atoms with Crippen LogP contribution in [0, 0.1) is 0 Å². The fourth-order valence-corrected chi connectivity index (χ4v) is 6.01. The van der Waals surface area contributed by atoms with Gasteiger partial charge >= 0.3 is 11.9 Å². The summed E-state index contributed by atoms with van der Waals surface area (Å²) in [6.07, 6.45) is 8.99. The van der Waals surface area contributed by atoms with Gasteiger partial charge in [-0.1, -0.05) is 26.2 Å². The van der Waals surface area contributed by atoms with Gasteiger partial charge in [0.25, 0.3) is 0 Å². The van der Waals surface area contributed by atoms with Gasteiger partial charge in [-0.15, -0.1) is 11.3 Å². The molecule has 5 rings (SSSR count). The van der Waals surface area contributed by atoms with E-state index in [-0.39, 0.29) is 13.2 Å². The van der Waals surface area contributed by atoms with E-state index in [2.05, 4.69) is 11.9 Å². The maximum atomic E-state index is 12.8. The molecule has 0 aromatic carbocycles. The molecule has 0 N–H and O–H groups in total. The largest absolute Gasteiger partial charge is 0.485 e. The van der Waals surface area contributed by atoms with Crippen molar-refractivity contribution in [2.75, 3.05) is 26.4 Å². The van der Waals surface area contributed by atoms with Gasteiger partial charge in [-0.2, -0.15) is 0 Å². The second kappa shape index (κ2) is 14.2. The average Bonchev–Trinajstić information content (AvgIpc) is 3.42. The van der Waals surface area contributed by atoms with Crippen LogP contribution in [-0.4, -0.2) is 53.3 Å². The van der Waals surface area contributed by atoms with Gasteiger partial charge in [0, 0.05) is 18.0 Å². The lowest BCUT2D eigenvalue weighted by atomic mass is 10.1. The summed E-state index contributed by atoms with van der Waals surface area (Å²) in [5, 5.41) is 0. The Hall–Kier alpha value is -4.31. The van der Waals surface area contributed by atoms with E-state index in [4.69, 9.17) is 28.9 Å². The summed E-state index contributed by atoms with van der Waals surface area (Å²) >= 11 is 1.69. The van der Waals surface area contributed by atoms with E-state index in [1.165, 1.54) is 30.3 Å². The van der Waals surface area contributed by atoms with Gasteiger partial charge in [-0.05, 0) is 63.1 Å². The third kappa shape index (κ3) is 7.02. The van der Waals surface area contributed by atoms with Gasteiger partial charge in [0.15, 0.2) is 11.5 Å². The van der Waals surface area contributed by atoms with Gasteiger partial charge in [0.1, 0.15) is 13.2 Å². The number of unbranched alkanes of at least 4 members (excludes halogenated alkanes) is 3. The molecule has 9 nitrogen and oxygen atoms in total. The van der Waals surface area contributed by atoms with Crippen LogP contribution in [0.1, 0.15) is 72.0 Å². The Bertz CT molecular complexity index is 1580. The highest BCUT2D eigenvalue weighted by molar-refractivity contribution is 7.16. The predicted octanol–water partition coefficient (Wildman–Crippen LogP) is 7.18. The van der Waals surface area contributed by atoms with Crippen LogP contribution in [0.2, 0.25) is 0 Å². The summed E-state index contributed by atoms with van der Waals surface area (Å²) < 4.78 is 22.5. The van der Waals surface area contributed by atoms with E-state index in [0.717, 1.165) is 34.8 Å². The minimum atomic E-state index is -0.487. The number of aromatic nitrogens is 3. The van der Waals surface area contributed by atoms with Gasteiger partial charge in [-0.25, -0.2) is 14.6 Å². The Morgan fingerprint density at radius 1 is 0.791 bits per heavy atom. The number of nitrogens with zero attached hydrogens (tertiary/aromatic N) is 3. The molecule has 10 heteroatoms. The zero-order chi connectivity index (χ0) is 30.2. The number of esters is 2. The number of rotatable bonds is 12. The number of carbonyl (C=O) groups is 2. The minimum Gasteiger partial charge on any atom is -0.485 e. The molecule has 5 heterocycles. The van der Waals surface area contributed by atoms with Crippen molar-refractivity contribution in [1.29, 1.82) is 0 Å². The highest BCUT2D eigenvalue weighted by atomic mass is 32.1. The molecular weight excluding hydrogens is 566 g/mol. The van der Waals surface area contributed by atoms with E-state index < -0.39 is 11.9 Å². The molecule has 0 unspecified atom stereocenters. The van der Waals surface area contributed by atoms with E-state index in [9.17, 15) is 9.59 Å². The third-order valence-corrected chi connectivity index (χ3v) is 8.14. The lowest BCUT2D eigenvalue weighted by molar-refractivity contribution is 0.0516. The Morgan fingerprint density at radius 2 is 1.49 bits per heavy atom. The maximum absolute atomic E-state index is 12.8. The van der Waals surface area contributed by atoms with Crippen LogP contribution in [-0.2, 0) is 15.9 Å². The van der Waals surface area contributed by atoms with Crippen molar-refractivity contribution in [2.24, 2.45) is 0 Å². The van der Waals surface area contributed by atoms with Gasteiger partial charge in [0.05, 0.1) is 56.9 Å². The fourth-order valence-electron chi connectivity index (χ4n) is 4.79. The zero-order valence-corrected chi connectivity index (χ0v) is 25.5. The first-order valence-corrected chi connectivity index (χ1v) is 15.5. The molecule has 1 aliphatic rings. The Balaban J connectivity index is 1.48. The summed E-state index contributed by atoms with van der Waals surface area (Å²) in [5.41, 5.74) is 3.43. The second-order valence-corrected chi connectivity index (χ2v) is 11.1. The quantitative estimate of drug-likeness (QED) is 0.123. The molecule has 43 heavy (non-hydrogen) atoms. The maximum Gasteiger partial charge on any atom is 0.338 e. The molecule has 0 atom stereocenters. The first-order chi connectivity index (χ1) is 21.0. The SMILES string of the molecule is CCCCCCc1sc(-c2ccc(-c3cc(C(=O)OCC)cc(-c4cc(C(=O)OCC)ccn4)n3)nc2)c2c1OCCO2. The van der Waals surface area contributed by atoms with Crippen LogP contribution in [0.15, 0.2) is 48.8 Å². The van der Waals surface area contributed by atoms with Crippen LogP contribution >= 0.6 is 11.3 Å². The normalized spacial score (nSPS) is 12.2. The molecule has 0 saturated heterocycles. The summed E-state index contributed by atoms with van der Waals surface area (Å²) in [6.45, 7) is 7.25. The predicted molar refractivity (Wildman–Crippen MR) is 165 cm³/mol. The lowest BCUT2D eigenvalue weighted by Gasteiger charge is -2.17. The molecule has 0 radical (unpaired) electrons. The van der Waals surface area contributed by atoms with Gasteiger partial charge in [-0.3, -0.25) is 9.97 Å². The van der Waals surface area contributed by atoms with Crippen LogP contribution in [0.4, 0.5) is 0 Å². The van der Waals surface area contributed by atoms with Crippen LogP contribution in [0.25, 0.3) is 33.2 Å². The van der Waals surface area contributed by atoms with Gasteiger partial charge in [0.2, 0.25) is 0 Å². The Kier molecular flexibility index (Phi) is 9.99. The first kappa shape index (κ1) is 30.2. The van der Waals surface area contributed by atoms with Crippen molar-refractivity contribution < 1.29 is 28.5 Å². The summed E-state index contributed by atoms with van der Waals surface area (Å²) in [7, 11) is 0. The van der Waals surface area contributed by atoms with Crippen molar-refractivity contribution in [1.82, 2.24) is 15.0 Å². The number of hydrogen-bond acceptors (Lipinski definition) is 10. The summed E-state index contributed by atoms with van der Waals surface area (Å²) in [4.78, 5) is 41.2. The van der Waals surface area contributed by atoms with E-state index in [1.807, 2.05) is 12.1 Å². The molecular formula is C33H35N3O6S.